The number of aliphatic hydroxyl groups is 1. The monoisotopic (exact) mass is 293 g/mol. The molecule has 0 aliphatic carbocycles. The van der Waals surface area contributed by atoms with Gasteiger partial charge in [-0.1, -0.05) is 77.1 Å². The molecule has 1 rings (SSSR count). The largest absolute Gasteiger partial charge is 0.385 e. The van der Waals surface area contributed by atoms with E-state index in [1.165, 1.54) is 24.0 Å². The van der Waals surface area contributed by atoms with Crippen LogP contribution in [0.2, 0.25) is 0 Å². The average molecular weight is 293 g/mol. The second-order valence-corrected chi connectivity index (χ2v) is 6.00. The maximum atomic E-state index is 11.2. The smallest absolute Gasteiger partial charge is 0.0899 e. The molecule has 0 fully saturated rings. The van der Waals surface area contributed by atoms with E-state index in [0.29, 0.717) is 0 Å². The number of unbranched alkanes of at least 4 members (excludes halogenated alkanes) is 3. The Labute approximate surface area is 131 Å². The van der Waals surface area contributed by atoms with Crippen LogP contribution < -0.4 is 6.15 Å². The number of aryl methyl sites for hydroxylation is 1. The van der Waals surface area contributed by atoms with Crippen LogP contribution in [0.25, 0.3) is 0 Å². The van der Waals surface area contributed by atoms with Crippen LogP contribution in [0.1, 0.15) is 83.3 Å². The molecular weight excluding hydrogens is 258 g/mol. The van der Waals surface area contributed by atoms with Gasteiger partial charge in [-0.25, -0.2) is 0 Å². The van der Waals surface area contributed by atoms with Crippen LogP contribution in [0, 0.1) is 0 Å². The molecule has 0 atom stereocenters. The van der Waals surface area contributed by atoms with Crippen molar-refractivity contribution >= 4 is 0 Å². The van der Waals surface area contributed by atoms with Crippen LogP contribution in [-0.2, 0) is 12.0 Å². The second-order valence-electron chi connectivity index (χ2n) is 6.00. The van der Waals surface area contributed by atoms with E-state index in [-0.39, 0.29) is 6.15 Å². The van der Waals surface area contributed by atoms with Crippen molar-refractivity contribution in [2.24, 2.45) is 0 Å². The molecule has 1 aromatic carbocycles. The Kier molecular flexibility index (Phi) is 10.4. The zero-order valence-electron chi connectivity index (χ0n) is 14.3. The summed E-state index contributed by atoms with van der Waals surface area (Å²) < 4.78 is 0. The molecule has 0 aliphatic rings. The number of rotatable bonds is 10. The van der Waals surface area contributed by atoms with E-state index in [2.05, 4.69) is 45.0 Å². The molecule has 0 heterocycles. The Morgan fingerprint density at radius 2 is 1.38 bits per heavy atom. The van der Waals surface area contributed by atoms with Gasteiger partial charge in [-0.3, -0.25) is 0 Å². The molecule has 0 unspecified atom stereocenters. The Balaban J connectivity index is 0.00000400. The van der Waals surface area contributed by atoms with Gasteiger partial charge in [0.25, 0.3) is 0 Å². The van der Waals surface area contributed by atoms with Gasteiger partial charge in [0.1, 0.15) is 0 Å². The zero-order valence-corrected chi connectivity index (χ0v) is 14.3. The normalized spacial score (nSPS) is 11.2. The highest BCUT2D eigenvalue weighted by atomic mass is 16.3. The predicted octanol–water partition coefficient (Wildman–Crippen LogP) is 5.76. The molecule has 21 heavy (non-hydrogen) atoms. The zero-order chi connectivity index (χ0) is 14.8. The van der Waals surface area contributed by atoms with Gasteiger partial charge in [0, 0.05) is 0 Å². The second kappa shape index (κ2) is 10.8. The minimum absolute atomic E-state index is 0. The van der Waals surface area contributed by atoms with Gasteiger partial charge in [0.2, 0.25) is 0 Å². The van der Waals surface area contributed by atoms with Gasteiger partial charge in [0.15, 0.2) is 0 Å². The Hall–Kier alpha value is -0.860. The van der Waals surface area contributed by atoms with E-state index in [9.17, 15) is 5.11 Å². The van der Waals surface area contributed by atoms with Crippen molar-refractivity contribution in [2.45, 2.75) is 84.2 Å². The van der Waals surface area contributed by atoms with Crippen LogP contribution >= 0.6 is 0 Å². The molecule has 122 valence electrons. The third-order valence-electron chi connectivity index (χ3n) is 4.21. The molecule has 0 amide bonds. The first-order valence-electron chi connectivity index (χ1n) is 8.48. The third-order valence-corrected chi connectivity index (χ3v) is 4.21. The number of benzene rings is 1. The Morgan fingerprint density at radius 3 is 1.90 bits per heavy atom. The summed E-state index contributed by atoms with van der Waals surface area (Å²) in [6.07, 6.45) is 9.78. The van der Waals surface area contributed by atoms with Crippen LogP contribution in [0.15, 0.2) is 24.3 Å². The SMILES string of the molecule is CCCCc1ccccc1C(O)(CCCC)CCCC.N. The van der Waals surface area contributed by atoms with Crippen LogP contribution in [0.4, 0.5) is 0 Å². The fourth-order valence-corrected chi connectivity index (χ4v) is 2.89. The fraction of sp³-hybridized carbons (Fsp3) is 0.684. The molecule has 0 spiro atoms. The van der Waals surface area contributed by atoms with Gasteiger partial charge < -0.3 is 11.3 Å². The first-order chi connectivity index (χ1) is 9.68. The standard InChI is InChI=1S/C19H32O.H3N/c1-4-7-12-17-13-10-11-14-18(17)19(20,15-8-5-2)16-9-6-3;/h10-11,13-14,20H,4-9,12,15-16H2,1-3H3;1H3. The van der Waals surface area contributed by atoms with Crippen molar-refractivity contribution in [1.82, 2.24) is 6.15 Å². The molecule has 0 radical (unpaired) electrons. The minimum atomic E-state index is -0.615. The quantitative estimate of drug-likeness (QED) is 0.576. The first kappa shape index (κ1) is 20.1. The molecular formula is C19H35NO. The van der Waals surface area contributed by atoms with Crippen molar-refractivity contribution in [3.63, 3.8) is 0 Å². The lowest BCUT2D eigenvalue weighted by molar-refractivity contribution is 0.0133. The van der Waals surface area contributed by atoms with Gasteiger partial charge in [-0.2, -0.15) is 0 Å². The molecule has 4 N–H and O–H groups in total. The summed E-state index contributed by atoms with van der Waals surface area (Å²) in [7, 11) is 0. The summed E-state index contributed by atoms with van der Waals surface area (Å²) in [5.41, 5.74) is 1.93. The maximum Gasteiger partial charge on any atom is 0.0899 e. The van der Waals surface area contributed by atoms with Crippen molar-refractivity contribution < 1.29 is 5.11 Å². The molecule has 2 heteroatoms. The maximum absolute atomic E-state index is 11.2. The summed E-state index contributed by atoms with van der Waals surface area (Å²) in [4.78, 5) is 0. The molecule has 0 bridgehead atoms. The minimum Gasteiger partial charge on any atom is -0.385 e. The predicted molar refractivity (Wildman–Crippen MR) is 93.0 cm³/mol. The molecule has 0 aliphatic heterocycles. The fourth-order valence-electron chi connectivity index (χ4n) is 2.89. The highest BCUT2D eigenvalue weighted by Crippen LogP contribution is 2.35. The topological polar surface area (TPSA) is 55.2 Å². The van der Waals surface area contributed by atoms with Crippen molar-refractivity contribution in [2.75, 3.05) is 0 Å². The highest BCUT2D eigenvalue weighted by molar-refractivity contribution is 5.32. The van der Waals surface area contributed by atoms with Crippen LogP contribution in [-0.4, -0.2) is 5.11 Å². The molecule has 0 aromatic heterocycles. The van der Waals surface area contributed by atoms with E-state index in [0.717, 1.165) is 44.9 Å². The summed E-state index contributed by atoms with van der Waals surface area (Å²) in [6.45, 7) is 6.62. The molecule has 2 nitrogen and oxygen atoms in total. The first-order valence-corrected chi connectivity index (χ1v) is 8.48. The Bertz CT molecular complexity index is 368. The lowest BCUT2D eigenvalue weighted by Crippen LogP contribution is -2.27. The van der Waals surface area contributed by atoms with Gasteiger partial charge >= 0.3 is 0 Å². The van der Waals surface area contributed by atoms with Crippen LogP contribution in [0.5, 0.6) is 0 Å². The molecule has 0 saturated carbocycles. The van der Waals surface area contributed by atoms with E-state index in [1.807, 2.05) is 0 Å². The van der Waals surface area contributed by atoms with Gasteiger partial charge in [0.05, 0.1) is 5.60 Å². The number of hydrogen-bond donors (Lipinski definition) is 2. The van der Waals surface area contributed by atoms with E-state index in [4.69, 9.17) is 0 Å². The highest BCUT2D eigenvalue weighted by Gasteiger charge is 2.29. The van der Waals surface area contributed by atoms with E-state index >= 15 is 0 Å². The average Bonchev–Trinajstić information content (AvgIpc) is 2.49. The molecule has 1 aromatic rings. The summed E-state index contributed by atoms with van der Waals surface area (Å²) >= 11 is 0. The van der Waals surface area contributed by atoms with Crippen molar-refractivity contribution in [1.29, 1.82) is 0 Å². The third kappa shape index (κ3) is 6.19. The summed E-state index contributed by atoms with van der Waals surface area (Å²) in [6, 6.07) is 8.53. The lowest BCUT2D eigenvalue weighted by Gasteiger charge is -2.31. The summed E-state index contributed by atoms with van der Waals surface area (Å²) in [5, 5.41) is 11.2. The van der Waals surface area contributed by atoms with E-state index in [1.54, 1.807) is 0 Å². The van der Waals surface area contributed by atoms with Crippen molar-refractivity contribution in [3.05, 3.63) is 35.4 Å². The van der Waals surface area contributed by atoms with Gasteiger partial charge in [-0.05, 0) is 36.8 Å². The van der Waals surface area contributed by atoms with Gasteiger partial charge in [-0.15, -0.1) is 0 Å². The lowest BCUT2D eigenvalue weighted by atomic mass is 9.81. The van der Waals surface area contributed by atoms with E-state index < -0.39 is 5.60 Å². The Morgan fingerprint density at radius 1 is 0.857 bits per heavy atom. The molecule has 0 saturated heterocycles. The van der Waals surface area contributed by atoms with Crippen molar-refractivity contribution in [3.8, 4) is 0 Å². The van der Waals surface area contributed by atoms with Crippen LogP contribution in [0.3, 0.4) is 0 Å². The number of hydrogen-bond acceptors (Lipinski definition) is 2. The summed E-state index contributed by atoms with van der Waals surface area (Å²) in [5.74, 6) is 0.